The zero-order valence-electron chi connectivity index (χ0n) is 32.1. The average molecular weight is 753 g/mol. The van der Waals surface area contributed by atoms with E-state index in [2.05, 4.69) is 216 Å². The number of hydrogen-bond acceptors (Lipinski definition) is 2. The molecule has 0 amide bonds. The summed E-state index contributed by atoms with van der Waals surface area (Å²) in [5.74, 6) is 0.929. The van der Waals surface area contributed by atoms with E-state index in [9.17, 15) is 0 Å². The molecular weight excluding hydrogens is 717 g/mol. The predicted molar refractivity (Wildman–Crippen MR) is 241 cm³/mol. The minimum absolute atomic E-state index is 0.558. The Morgan fingerprint density at radius 2 is 0.949 bits per heavy atom. The lowest BCUT2D eigenvalue weighted by molar-refractivity contribution is 0.739. The van der Waals surface area contributed by atoms with Crippen molar-refractivity contribution in [1.82, 2.24) is 19.1 Å². The molecule has 0 spiro atoms. The first kappa shape index (κ1) is 33.3. The number of rotatable bonds is 6. The number of nitrogens with zero attached hydrogens (tertiary/aromatic N) is 4. The van der Waals surface area contributed by atoms with E-state index in [1.54, 1.807) is 0 Å². The smallest absolute Gasteiger partial charge is 0.145 e. The van der Waals surface area contributed by atoms with Crippen molar-refractivity contribution in [3.63, 3.8) is 0 Å². The molecule has 0 aliphatic heterocycles. The van der Waals surface area contributed by atoms with Crippen LogP contribution in [0.3, 0.4) is 0 Å². The lowest BCUT2D eigenvalue weighted by atomic mass is 9.69. The van der Waals surface area contributed by atoms with Crippen molar-refractivity contribution in [1.29, 1.82) is 0 Å². The second kappa shape index (κ2) is 13.1. The van der Waals surface area contributed by atoms with Gasteiger partial charge in [-0.2, -0.15) is 0 Å². The van der Waals surface area contributed by atoms with Gasteiger partial charge in [0.15, 0.2) is 0 Å². The maximum atomic E-state index is 5.50. The van der Waals surface area contributed by atoms with E-state index in [1.165, 1.54) is 38.6 Å². The van der Waals surface area contributed by atoms with Gasteiger partial charge in [0.05, 0.1) is 39.4 Å². The van der Waals surface area contributed by atoms with Crippen molar-refractivity contribution >= 4 is 32.8 Å². The third kappa shape index (κ3) is 4.90. The Balaban J connectivity index is 0.985. The molecule has 8 aromatic carbocycles. The molecule has 276 valence electrons. The van der Waals surface area contributed by atoms with Gasteiger partial charge >= 0.3 is 0 Å². The largest absolute Gasteiger partial charge is 0.308 e. The summed E-state index contributed by atoms with van der Waals surface area (Å²) in [6, 6.07) is 76.0. The standard InChI is InChI=1S/C55H36N4/c1-4-16-40(17-5-1)55(41-18-6-2-7-19-41)46-24-12-10-22-44(46)52-51-45-23-11-14-26-48(45)58(50(51)36-56-53(52)55)43-34-32-38(33-35-43)37-28-30-39(31-29-37)54-57-47-25-13-15-27-49(47)59(54)42-20-8-3-9-21-42/h1-36H. The first-order valence-corrected chi connectivity index (χ1v) is 20.2. The Bertz CT molecular complexity index is 3300. The summed E-state index contributed by atoms with van der Waals surface area (Å²) in [6.07, 6.45) is 2.11. The fourth-order valence-electron chi connectivity index (χ4n) is 9.73. The van der Waals surface area contributed by atoms with Crippen LogP contribution in [0.2, 0.25) is 0 Å². The van der Waals surface area contributed by atoms with Gasteiger partial charge in [0, 0.05) is 33.3 Å². The molecule has 0 unspecified atom stereocenters. The van der Waals surface area contributed by atoms with E-state index in [4.69, 9.17) is 9.97 Å². The number of pyridine rings is 1. The van der Waals surface area contributed by atoms with Gasteiger partial charge in [0.1, 0.15) is 5.82 Å². The molecule has 4 heteroatoms. The molecular formula is C55H36N4. The van der Waals surface area contributed by atoms with Crippen LogP contribution in [0.4, 0.5) is 0 Å². The van der Waals surface area contributed by atoms with Gasteiger partial charge in [0.2, 0.25) is 0 Å². The van der Waals surface area contributed by atoms with Crippen LogP contribution in [0.5, 0.6) is 0 Å². The fourth-order valence-corrected chi connectivity index (χ4v) is 9.73. The highest BCUT2D eigenvalue weighted by molar-refractivity contribution is 6.17. The molecule has 11 aromatic rings. The topological polar surface area (TPSA) is 35.6 Å². The second-order valence-electron chi connectivity index (χ2n) is 15.3. The van der Waals surface area contributed by atoms with Crippen molar-refractivity contribution < 1.29 is 0 Å². The SMILES string of the molecule is c1ccc(-n2c(-c3ccc(-c4ccc(-n5c6ccccc6c6c7c(ncc65)C(c5ccccc5)(c5ccccc5)c5ccccc5-7)cc4)cc3)nc3ccccc32)cc1. The fraction of sp³-hybridized carbons (Fsp3) is 0.0182. The molecule has 0 radical (unpaired) electrons. The molecule has 4 nitrogen and oxygen atoms in total. The van der Waals surface area contributed by atoms with E-state index in [0.29, 0.717) is 0 Å². The number of fused-ring (bicyclic) bond motifs is 8. The molecule has 3 aromatic heterocycles. The molecule has 59 heavy (non-hydrogen) atoms. The molecule has 0 atom stereocenters. The van der Waals surface area contributed by atoms with Crippen molar-refractivity contribution in [2.24, 2.45) is 0 Å². The van der Waals surface area contributed by atoms with Crippen LogP contribution in [-0.4, -0.2) is 19.1 Å². The normalized spacial score (nSPS) is 12.9. The highest BCUT2D eigenvalue weighted by atomic mass is 15.1. The van der Waals surface area contributed by atoms with Crippen molar-refractivity contribution in [3.8, 4) is 45.0 Å². The van der Waals surface area contributed by atoms with E-state index < -0.39 is 5.41 Å². The molecule has 3 heterocycles. The molecule has 12 rings (SSSR count). The van der Waals surface area contributed by atoms with Gasteiger partial charge in [-0.1, -0.05) is 170 Å². The Labute approximate surface area is 342 Å². The summed E-state index contributed by atoms with van der Waals surface area (Å²) in [6.45, 7) is 0. The number of hydrogen-bond donors (Lipinski definition) is 0. The Morgan fingerprint density at radius 1 is 0.407 bits per heavy atom. The van der Waals surface area contributed by atoms with E-state index in [1.807, 2.05) is 12.1 Å². The number of benzene rings is 8. The van der Waals surface area contributed by atoms with Crippen molar-refractivity contribution in [2.75, 3.05) is 0 Å². The van der Waals surface area contributed by atoms with Gasteiger partial charge in [-0.3, -0.25) is 9.55 Å². The summed E-state index contributed by atoms with van der Waals surface area (Å²) in [7, 11) is 0. The van der Waals surface area contributed by atoms with Crippen LogP contribution in [0, 0.1) is 0 Å². The molecule has 0 saturated heterocycles. The quantitative estimate of drug-likeness (QED) is 0.170. The lowest BCUT2D eigenvalue weighted by Gasteiger charge is -2.32. The zero-order valence-corrected chi connectivity index (χ0v) is 32.1. The average Bonchev–Trinajstić information content (AvgIpc) is 3.97. The summed E-state index contributed by atoms with van der Waals surface area (Å²) in [4.78, 5) is 10.6. The summed E-state index contributed by atoms with van der Waals surface area (Å²) in [5.41, 5.74) is 16.5. The number of para-hydroxylation sites is 4. The van der Waals surface area contributed by atoms with Crippen LogP contribution in [-0.2, 0) is 5.41 Å². The summed E-state index contributed by atoms with van der Waals surface area (Å²) >= 11 is 0. The van der Waals surface area contributed by atoms with Gasteiger partial charge in [-0.15, -0.1) is 0 Å². The monoisotopic (exact) mass is 752 g/mol. The Morgan fingerprint density at radius 3 is 1.66 bits per heavy atom. The maximum absolute atomic E-state index is 5.50. The van der Waals surface area contributed by atoms with Crippen molar-refractivity contribution in [2.45, 2.75) is 5.41 Å². The van der Waals surface area contributed by atoms with Gasteiger partial charge < -0.3 is 4.57 Å². The minimum Gasteiger partial charge on any atom is -0.308 e. The molecule has 0 fully saturated rings. The van der Waals surface area contributed by atoms with Crippen LogP contribution in [0.25, 0.3) is 77.9 Å². The minimum atomic E-state index is -0.558. The Kier molecular flexibility index (Phi) is 7.41. The molecule has 0 N–H and O–H groups in total. The van der Waals surface area contributed by atoms with E-state index in [-0.39, 0.29) is 0 Å². The van der Waals surface area contributed by atoms with Gasteiger partial charge in [-0.05, 0) is 75.8 Å². The number of aromatic nitrogens is 4. The maximum Gasteiger partial charge on any atom is 0.145 e. The highest BCUT2D eigenvalue weighted by Crippen LogP contribution is 2.58. The molecule has 1 aliphatic rings. The molecule has 1 aliphatic carbocycles. The Hall–Kier alpha value is -7.82. The van der Waals surface area contributed by atoms with Crippen molar-refractivity contribution in [3.05, 3.63) is 241 Å². The molecule has 0 saturated carbocycles. The third-order valence-electron chi connectivity index (χ3n) is 12.3. The first-order chi connectivity index (χ1) is 29.3. The van der Waals surface area contributed by atoms with Gasteiger partial charge in [-0.25, -0.2) is 4.98 Å². The molecule has 0 bridgehead atoms. The van der Waals surface area contributed by atoms with Gasteiger partial charge in [0.25, 0.3) is 0 Å². The first-order valence-electron chi connectivity index (χ1n) is 20.2. The van der Waals surface area contributed by atoms with Crippen LogP contribution in [0.15, 0.2) is 219 Å². The predicted octanol–water partition coefficient (Wildman–Crippen LogP) is 13.2. The van der Waals surface area contributed by atoms with E-state index >= 15 is 0 Å². The van der Waals surface area contributed by atoms with Crippen LogP contribution in [0.1, 0.15) is 22.4 Å². The highest BCUT2D eigenvalue weighted by Gasteiger charge is 2.48. The second-order valence-corrected chi connectivity index (χ2v) is 15.3. The number of imidazole rings is 1. The van der Waals surface area contributed by atoms with E-state index in [0.717, 1.165) is 61.7 Å². The van der Waals surface area contributed by atoms with Crippen LogP contribution >= 0.6 is 0 Å². The summed E-state index contributed by atoms with van der Waals surface area (Å²) < 4.78 is 4.63. The zero-order chi connectivity index (χ0) is 38.9. The third-order valence-corrected chi connectivity index (χ3v) is 12.3. The summed E-state index contributed by atoms with van der Waals surface area (Å²) in [5, 5.41) is 2.45. The van der Waals surface area contributed by atoms with Crippen LogP contribution < -0.4 is 0 Å². The lowest BCUT2D eigenvalue weighted by Crippen LogP contribution is -2.29.